The summed E-state index contributed by atoms with van der Waals surface area (Å²) in [6, 6.07) is 0. The number of carbonyl (C=O) groups excluding carboxylic acids is 2. The highest BCUT2D eigenvalue weighted by Gasteiger charge is 2.06. The summed E-state index contributed by atoms with van der Waals surface area (Å²) in [6.07, 6.45) is 5.50. The Hall–Kier alpha value is -1.18. The lowest BCUT2D eigenvalue weighted by molar-refractivity contribution is -0.115. The van der Waals surface area contributed by atoms with Gasteiger partial charge in [-0.3, -0.25) is 9.59 Å². The molecule has 0 aromatic rings. The Morgan fingerprint density at radius 2 is 1.79 bits per heavy atom. The van der Waals surface area contributed by atoms with Crippen molar-refractivity contribution in [2.45, 2.75) is 32.6 Å². The van der Waals surface area contributed by atoms with Gasteiger partial charge in [-0.2, -0.15) is 0 Å². The van der Waals surface area contributed by atoms with Gasteiger partial charge in [-0.15, -0.1) is 0 Å². The van der Waals surface area contributed by atoms with Gasteiger partial charge in [0, 0.05) is 12.8 Å². The molecule has 14 heavy (non-hydrogen) atoms. The zero-order valence-electron chi connectivity index (χ0n) is 8.79. The third kappa shape index (κ3) is 6.35. The van der Waals surface area contributed by atoms with Crippen LogP contribution in [0, 0.1) is 5.92 Å². The van der Waals surface area contributed by atoms with Crippen molar-refractivity contribution in [1.29, 1.82) is 0 Å². The van der Waals surface area contributed by atoms with Crippen LogP contribution in [0.4, 0.5) is 0 Å². The van der Waals surface area contributed by atoms with Gasteiger partial charge >= 0.3 is 0 Å². The van der Waals surface area contributed by atoms with E-state index in [1.165, 1.54) is 12.2 Å². The zero-order chi connectivity index (χ0) is 11.0. The molecule has 0 N–H and O–H groups in total. The first-order valence-electron chi connectivity index (χ1n) is 4.90. The third-order valence-corrected chi connectivity index (χ3v) is 2.13. The quantitative estimate of drug-likeness (QED) is 0.557. The van der Waals surface area contributed by atoms with Crippen LogP contribution in [-0.4, -0.2) is 11.6 Å². The molecule has 0 fully saturated rings. The van der Waals surface area contributed by atoms with E-state index in [0.717, 1.165) is 12.8 Å². The Labute approximate surface area is 85.7 Å². The summed E-state index contributed by atoms with van der Waals surface area (Å²) >= 11 is 0. The Morgan fingerprint density at radius 1 is 1.21 bits per heavy atom. The first-order valence-corrected chi connectivity index (χ1v) is 4.90. The molecular weight excluding hydrogens is 176 g/mol. The van der Waals surface area contributed by atoms with E-state index in [1.54, 1.807) is 0 Å². The molecule has 0 rings (SSSR count). The highest BCUT2D eigenvalue weighted by molar-refractivity contribution is 5.89. The van der Waals surface area contributed by atoms with Crippen molar-refractivity contribution in [3.05, 3.63) is 25.3 Å². The zero-order valence-corrected chi connectivity index (χ0v) is 8.79. The van der Waals surface area contributed by atoms with Crippen molar-refractivity contribution in [3.8, 4) is 0 Å². The summed E-state index contributed by atoms with van der Waals surface area (Å²) in [6.45, 7) is 8.84. The number of hydrogen-bond acceptors (Lipinski definition) is 2. The molecule has 0 spiro atoms. The van der Waals surface area contributed by atoms with E-state index in [9.17, 15) is 9.59 Å². The molecule has 0 aromatic carbocycles. The van der Waals surface area contributed by atoms with Crippen LogP contribution in [0.3, 0.4) is 0 Å². The fourth-order valence-corrected chi connectivity index (χ4v) is 1.26. The van der Waals surface area contributed by atoms with Crippen molar-refractivity contribution >= 4 is 11.6 Å². The summed E-state index contributed by atoms with van der Waals surface area (Å²) in [4.78, 5) is 21.8. The van der Waals surface area contributed by atoms with Crippen LogP contribution in [0.2, 0.25) is 0 Å². The second-order valence-corrected chi connectivity index (χ2v) is 3.54. The Balaban J connectivity index is 3.58. The molecule has 0 saturated heterocycles. The molecule has 0 amide bonds. The van der Waals surface area contributed by atoms with Crippen molar-refractivity contribution in [1.82, 2.24) is 0 Å². The minimum Gasteiger partial charge on any atom is -0.295 e. The van der Waals surface area contributed by atoms with Gasteiger partial charge in [0.25, 0.3) is 0 Å². The highest BCUT2D eigenvalue weighted by Crippen LogP contribution is 2.12. The molecule has 0 heterocycles. The summed E-state index contributed by atoms with van der Waals surface area (Å²) in [5.74, 6) is 0.484. The molecule has 2 heteroatoms. The summed E-state index contributed by atoms with van der Waals surface area (Å²) in [7, 11) is 0. The lowest BCUT2D eigenvalue weighted by Gasteiger charge is -2.07. The SMILES string of the molecule is C=CC(=O)CCCC(C)CC(=O)C=C. The summed E-state index contributed by atoms with van der Waals surface area (Å²) in [5.41, 5.74) is 0. The molecule has 0 saturated carbocycles. The van der Waals surface area contributed by atoms with E-state index in [0.29, 0.717) is 18.8 Å². The van der Waals surface area contributed by atoms with E-state index in [-0.39, 0.29) is 11.6 Å². The Morgan fingerprint density at radius 3 is 2.29 bits per heavy atom. The fraction of sp³-hybridized carbons (Fsp3) is 0.500. The molecule has 0 aliphatic carbocycles. The first kappa shape index (κ1) is 12.8. The second kappa shape index (κ2) is 7.25. The minimum absolute atomic E-state index is 0.0762. The van der Waals surface area contributed by atoms with Crippen LogP contribution in [0.5, 0.6) is 0 Å². The van der Waals surface area contributed by atoms with Crippen LogP contribution in [0.1, 0.15) is 32.6 Å². The number of carbonyl (C=O) groups is 2. The number of ketones is 2. The number of rotatable bonds is 8. The van der Waals surface area contributed by atoms with Crippen LogP contribution in [0.15, 0.2) is 25.3 Å². The van der Waals surface area contributed by atoms with E-state index in [1.807, 2.05) is 6.92 Å². The maximum atomic E-state index is 11.0. The lowest BCUT2D eigenvalue weighted by atomic mass is 9.97. The number of allylic oxidation sites excluding steroid dienone is 2. The van der Waals surface area contributed by atoms with E-state index in [4.69, 9.17) is 0 Å². The van der Waals surface area contributed by atoms with Gasteiger partial charge < -0.3 is 0 Å². The third-order valence-electron chi connectivity index (χ3n) is 2.13. The average Bonchev–Trinajstić information content (AvgIpc) is 2.17. The molecule has 0 bridgehead atoms. The topological polar surface area (TPSA) is 34.1 Å². The normalized spacial score (nSPS) is 11.8. The molecular formula is C12H18O2. The van der Waals surface area contributed by atoms with E-state index in [2.05, 4.69) is 13.2 Å². The van der Waals surface area contributed by atoms with Crippen LogP contribution in [-0.2, 0) is 9.59 Å². The van der Waals surface area contributed by atoms with Gasteiger partial charge in [0.2, 0.25) is 0 Å². The summed E-state index contributed by atoms with van der Waals surface area (Å²) < 4.78 is 0. The Kier molecular flexibility index (Phi) is 6.63. The van der Waals surface area contributed by atoms with Crippen molar-refractivity contribution < 1.29 is 9.59 Å². The molecule has 0 aliphatic heterocycles. The van der Waals surface area contributed by atoms with Crippen molar-refractivity contribution in [3.63, 3.8) is 0 Å². The molecule has 0 aromatic heterocycles. The molecule has 0 radical (unpaired) electrons. The predicted octanol–water partition coefficient (Wildman–Crippen LogP) is 2.69. The second-order valence-electron chi connectivity index (χ2n) is 3.54. The number of hydrogen-bond donors (Lipinski definition) is 0. The van der Waals surface area contributed by atoms with Crippen molar-refractivity contribution in [2.24, 2.45) is 5.92 Å². The van der Waals surface area contributed by atoms with E-state index >= 15 is 0 Å². The van der Waals surface area contributed by atoms with Gasteiger partial charge in [-0.1, -0.05) is 20.1 Å². The molecule has 0 aliphatic rings. The molecule has 1 unspecified atom stereocenters. The smallest absolute Gasteiger partial charge is 0.155 e. The average molecular weight is 194 g/mol. The van der Waals surface area contributed by atoms with Crippen LogP contribution < -0.4 is 0 Å². The maximum Gasteiger partial charge on any atom is 0.155 e. The minimum atomic E-state index is 0.0762. The van der Waals surface area contributed by atoms with Crippen LogP contribution >= 0.6 is 0 Å². The van der Waals surface area contributed by atoms with E-state index < -0.39 is 0 Å². The van der Waals surface area contributed by atoms with Gasteiger partial charge in [0.1, 0.15) is 0 Å². The molecule has 1 atom stereocenters. The van der Waals surface area contributed by atoms with Crippen LogP contribution in [0.25, 0.3) is 0 Å². The van der Waals surface area contributed by atoms with Gasteiger partial charge in [0.15, 0.2) is 11.6 Å². The highest BCUT2D eigenvalue weighted by atomic mass is 16.1. The van der Waals surface area contributed by atoms with Gasteiger partial charge in [-0.25, -0.2) is 0 Å². The first-order chi connectivity index (χ1) is 6.60. The fourth-order valence-electron chi connectivity index (χ4n) is 1.26. The molecule has 2 nitrogen and oxygen atoms in total. The summed E-state index contributed by atoms with van der Waals surface area (Å²) in [5, 5.41) is 0. The predicted molar refractivity (Wildman–Crippen MR) is 58.0 cm³/mol. The van der Waals surface area contributed by atoms with Gasteiger partial charge in [0.05, 0.1) is 0 Å². The van der Waals surface area contributed by atoms with Gasteiger partial charge in [-0.05, 0) is 30.9 Å². The maximum absolute atomic E-state index is 11.0. The lowest BCUT2D eigenvalue weighted by Crippen LogP contribution is -2.03. The molecule has 78 valence electrons. The Bertz CT molecular complexity index is 228. The van der Waals surface area contributed by atoms with Crippen molar-refractivity contribution in [2.75, 3.05) is 0 Å². The monoisotopic (exact) mass is 194 g/mol. The largest absolute Gasteiger partial charge is 0.295 e. The standard InChI is InChI=1S/C12H18O2/c1-4-11(13)8-6-7-10(3)9-12(14)5-2/h4-5,10H,1-2,6-9H2,3H3.